The van der Waals surface area contributed by atoms with Gasteiger partial charge in [-0.1, -0.05) is 42.6 Å². The van der Waals surface area contributed by atoms with E-state index in [2.05, 4.69) is 13.5 Å². The molecule has 0 atom stereocenters. The van der Waals surface area contributed by atoms with E-state index < -0.39 is 4.84 Å². The van der Waals surface area contributed by atoms with Crippen molar-refractivity contribution in [2.75, 3.05) is 13.1 Å². The topological polar surface area (TPSA) is 20.3 Å². The van der Waals surface area contributed by atoms with Gasteiger partial charge in [0.1, 0.15) is 0 Å². The molecule has 0 saturated heterocycles. The largest absolute Gasteiger partial charge is 0.337 e. The zero-order chi connectivity index (χ0) is 10.3. The lowest BCUT2D eigenvalue weighted by molar-refractivity contribution is -0.128. The first-order valence-corrected chi connectivity index (χ1v) is 5.18. The fourth-order valence-electron chi connectivity index (χ4n) is 0.934. The minimum absolute atomic E-state index is 0.239. The second-order valence-electron chi connectivity index (χ2n) is 2.73. The summed E-state index contributed by atoms with van der Waals surface area (Å²) in [5.74, 6) is -0.239. The Labute approximate surface area is 89.5 Å². The van der Waals surface area contributed by atoms with Crippen molar-refractivity contribution in [1.29, 1.82) is 0 Å². The summed E-state index contributed by atoms with van der Waals surface area (Å²) in [5.41, 5.74) is 0. The van der Waals surface area contributed by atoms with Gasteiger partial charge >= 0.3 is 0 Å². The molecule has 0 spiro atoms. The third-order valence-electron chi connectivity index (χ3n) is 1.63. The molecular weight excluding hydrogens is 209 g/mol. The van der Waals surface area contributed by atoms with E-state index >= 15 is 0 Å². The number of carbonyl (C=O) groups is 1. The van der Waals surface area contributed by atoms with Crippen molar-refractivity contribution >= 4 is 29.1 Å². The van der Waals surface area contributed by atoms with E-state index in [4.69, 9.17) is 23.2 Å². The first-order valence-electron chi connectivity index (χ1n) is 4.31. The van der Waals surface area contributed by atoms with Crippen LogP contribution in [0, 0.1) is 0 Å². The minimum Gasteiger partial charge on any atom is -0.337 e. The van der Waals surface area contributed by atoms with Crippen LogP contribution < -0.4 is 0 Å². The zero-order valence-corrected chi connectivity index (χ0v) is 9.31. The van der Waals surface area contributed by atoms with Crippen LogP contribution in [0.15, 0.2) is 12.7 Å². The fourth-order valence-corrected chi connectivity index (χ4v) is 1.21. The summed E-state index contributed by atoms with van der Waals surface area (Å²) in [4.78, 5) is 12.0. The highest BCUT2D eigenvalue weighted by Gasteiger charge is 2.18. The molecule has 0 aliphatic rings. The van der Waals surface area contributed by atoms with Crippen LogP contribution in [0.1, 0.15) is 19.8 Å². The van der Waals surface area contributed by atoms with Crippen molar-refractivity contribution in [2.24, 2.45) is 0 Å². The lowest BCUT2D eigenvalue weighted by Crippen LogP contribution is -2.35. The highest BCUT2D eigenvalue weighted by atomic mass is 35.5. The molecule has 0 aromatic carbocycles. The summed E-state index contributed by atoms with van der Waals surface area (Å²) >= 11 is 11.0. The number of hydrogen-bond acceptors (Lipinski definition) is 1. The van der Waals surface area contributed by atoms with Crippen LogP contribution in [0.2, 0.25) is 0 Å². The van der Waals surface area contributed by atoms with Crippen LogP contribution in [-0.2, 0) is 4.79 Å². The van der Waals surface area contributed by atoms with Crippen LogP contribution in [-0.4, -0.2) is 28.7 Å². The molecule has 0 radical (unpaired) electrons. The Morgan fingerprint density at radius 2 is 2.23 bits per heavy atom. The molecule has 0 fully saturated rings. The third-order valence-corrected chi connectivity index (χ3v) is 2.00. The number of halogens is 2. The molecule has 0 saturated carbocycles. The van der Waals surface area contributed by atoms with Crippen molar-refractivity contribution in [2.45, 2.75) is 24.6 Å². The van der Waals surface area contributed by atoms with E-state index in [9.17, 15) is 4.79 Å². The molecule has 0 bridgehead atoms. The van der Waals surface area contributed by atoms with Gasteiger partial charge in [-0.2, -0.15) is 0 Å². The van der Waals surface area contributed by atoms with E-state index in [-0.39, 0.29) is 5.91 Å². The Kier molecular flexibility index (Phi) is 7.10. The fraction of sp³-hybridized carbons (Fsp3) is 0.667. The van der Waals surface area contributed by atoms with Gasteiger partial charge in [0.15, 0.2) is 4.84 Å². The van der Waals surface area contributed by atoms with Gasteiger partial charge in [0.25, 0.3) is 5.91 Å². The average molecular weight is 224 g/mol. The normalized spacial score (nSPS) is 10.2. The van der Waals surface area contributed by atoms with Crippen molar-refractivity contribution in [3.05, 3.63) is 12.7 Å². The van der Waals surface area contributed by atoms with Crippen molar-refractivity contribution in [1.82, 2.24) is 4.90 Å². The first-order chi connectivity index (χ1) is 6.13. The number of hydrogen-bond donors (Lipinski definition) is 0. The highest BCUT2D eigenvalue weighted by Crippen LogP contribution is 2.08. The van der Waals surface area contributed by atoms with Crippen LogP contribution in [0.5, 0.6) is 0 Å². The molecule has 1 amide bonds. The predicted octanol–water partition coefficient (Wildman–Crippen LogP) is 2.60. The Balaban J connectivity index is 4.06. The number of carbonyl (C=O) groups excluding carboxylic acids is 1. The number of amides is 1. The maximum Gasteiger partial charge on any atom is 0.256 e. The molecule has 0 N–H and O–H groups in total. The lowest BCUT2D eigenvalue weighted by Gasteiger charge is -2.21. The quantitative estimate of drug-likeness (QED) is 0.501. The smallest absolute Gasteiger partial charge is 0.256 e. The molecule has 0 aliphatic carbocycles. The Morgan fingerprint density at radius 3 is 2.62 bits per heavy atom. The molecule has 0 heterocycles. The van der Waals surface area contributed by atoms with Crippen molar-refractivity contribution in [3.8, 4) is 0 Å². The molecule has 76 valence electrons. The van der Waals surface area contributed by atoms with Gasteiger partial charge in [0.2, 0.25) is 0 Å². The van der Waals surface area contributed by atoms with Crippen LogP contribution >= 0.6 is 23.2 Å². The second kappa shape index (κ2) is 7.22. The first kappa shape index (κ1) is 12.8. The monoisotopic (exact) mass is 223 g/mol. The predicted molar refractivity (Wildman–Crippen MR) is 57.2 cm³/mol. The molecule has 0 aromatic rings. The van der Waals surface area contributed by atoms with Crippen molar-refractivity contribution < 1.29 is 4.79 Å². The van der Waals surface area contributed by atoms with E-state index in [1.165, 1.54) is 0 Å². The van der Waals surface area contributed by atoms with Crippen molar-refractivity contribution in [3.63, 3.8) is 0 Å². The van der Waals surface area contributed by atoms with E-state index in [1.807, 2.05) is 0 Å². The van der Waals surface area contributed by atoms with Gasteiger partial charge in [0, 0.05) is 13.1 Å². The summed E-state index contributed by atoms with van der Waals surface area (Å²) in [5, 5.41) is 0. The summed E-state index contributed by atoms with van der Waals surface area (Å²) in [6, 6.07) is 0. The van der Waals surface area contributed by atoms with Crippen LogP contribution in [0.4, 0.5) is 0 Å². The summed E-state index contributed by atoms with van der Waals surface area (Å²) in [7, 11) is 0. The molecular formula is C9H15Cl2NO. The molecule has 2 nitrogen and oxygen atoms in total. The minimum atomic E-state index is -0.961. The number of alkyl halides is 2. The molecule has 13 heavy (non-hydrogen) atoms. The number of unbranched alkanes of at least 4 members (excludes halogenated alkanes) is 1. The summed E-state index contributed by atoms with van der Waals surface area (Å²) in [6.07, 6.45) is 3.67. The molecule has 0 aromatic heterocycles. The van der Waals surface area contributed by atoms with Gasteiger partial charge in [0.05, 0.1) is 0 Å². The number of rotatable bonds is 6. The van der Waals surface area contributed by atoms with Gasteiger partial charge in [-0.25, -0.2) is 0 Å². The van der Waals surface area contributed by atoms with E-state index in [0.29, 0.717) is 13.1 Å². The summed E-state index contributed by atoms with van der Waals surface area (Å²) < 4.78 is 0. The highest BCUT2D eigenvalue weighted by molar-refractivity contribution is 6.53. The Bertz CT molecular complexity index is 171. The standard InChI is InChI=1S/C9H15Cl2NO/c1-3-5-7-12(6-4-2)9(13)8(10)11/h4,8H,2-3,5-7H2,1H3. The van der Waals surface area contributed by atoms with E-state index in [1.54, 1.807) is 11.0 Å². The Morgan fingerprint density at radius 1 is 1.62 bits per heavy atom. The number of nitrogens with zero attached hydrogens (tertiary/aromatic N) is 1. The Hall–Kier alpha value is -0.210. The molecule has 0 unspecified atom stereocenters. The third kappa shape index (κ3) is 5.17. The van der Waals surface area contributed by atoms with E-state index in [0.717, 1.165) is 12.8 Å². The summed E-state index contributed by atoms with van der Waals surface area (Å²) in [6.45, 7) is 6.84. The second-order valence-corrected chi connectivity index (χ2v) is 3.82. The lowest BCUT2D eigenvalue weighted by atomic mass is 10.3. The van der Waals surface area contributed by atoms with Crippen LogP contribution in [0.3, 0.4) is 0 Å². The average Bonchev–Trinajstić information content (AvgIpc) is 2.11. The maximum absolute atomic E-state index is 11.4. The molecule has 4 heteroatoms. The molecule has 0 aliphatic heterocycles. The zero-order valence-electron chi connectivity index (χ0n) is 7.80. The van der Waals surface area contributed by atoms with Gasteiger partial charge in [-0.3, -0.25) is 4.79 Å². The van der Waals surface area contributed by atoms with Gasteiger partial charge < -0.3 is 4.90 Å². The van der Waals surface area contributed by atoms with Gasteiger partial charge in [-0.05, 0) is 6.42 Å². The maximum atomic E-state index is 11.4. The molecule has 0 rings (SSSR count). The SMILES string of the molecule is C=CCN(CCCC)C(=O)C(Cl)Cl. The van der Waals surface area contributed by atoms with Gasteiger partial charge in [-0.15, -0.1) is 6.58 Å². The van der Waals surface area contributed by atoms with Crippen LogP contribution in [0.25, 0.3) is 0 Å².